The monoisotopic (exact) mass is 654 g/mol. The van der Waals surface area contributed by atoms with Crippen LogP contribution in [-0.4, -0.2) is 6.15 Å². The molecule has 0 heterocycles. The van der Waals surface area contributed by atoms with Gasteiger partial charge in [0.25, 0.3) is 0 Å². The molecule has 0 nitrogen and oxygen atoms in total. The number of halogens is 4. The van der Waals surface area contributed by atoms with Gasteiger partial charge in [-0.15, -0.1) is 0 Å². The third-order valence-electron chi connectivity index (χ3n) is 8.42. The van der Waals surface area contributed by atoms with E-state index in [0.717, 1.165) is 0 Å². The first-order chi connectivity index (χ1) is 23.5. The van der Waals surface area contributed by atoms with E-state index in [1.807, 2.05) is 0 Å². The Bertz CT molecular complexity index is 1810. The molecule has 0 bridgehead atoms. The molecule has 0 aliphatic rings. The average Bonchev–Trinajstić information content (AvgIpc) is 3.13. The van der Waals surface area contributed by atoms with Crippen LogP contribution < -0.4 is 21.9 Å². The Kier molecular flexibility index (Phi) is 10.2. The van der Waals surface area contributed by atoms with Gasteiger partial charge in [0.2, 0.25) is 0 Å². The summed E-state index contributed by atoms with van der Waals surface area (Å²) in [5.74, 6) is -2.66. The van der Waals surface area contributed by atoms with Gasteiger partial charge in [-0.25, -0.2) is 17.6 Å². The summed E-state index contributed by atoms with van der Waals surface area (Å²) in [7, 11) is -0.0146. The van der Waals surface area contributed by atoms with Crippen LogP contribution in [0.2, 0.25) is 0 Å². The van der Waals surface area contributed by atoms with Crippen molar-refractivity contribution in [2.45, 2.75) is 14.7 Å². The lowest BCUT2D eigenvalue weighted by Crippen LogP contribution is -2.77. The smallest absolute Gasteiger partial charge is 0.166 e. The third kappa shape index (κ3) is 6.58. The van der Waals surface area contributed by atoms with Crippen LogP contribution in [0.25, 0.3) is 0 Å². The molecule has 0 saturated heterocycles. The molecule has 0 aliphatic carbocycles. The van der Waals surface area contributed by atoms with Crippen LogP contribution in [0.4, 0.5) is 17.6 Å². The molecule has 0 saturated carbocycles. The van der Waals surface area contributed by atoms with Gasteiger partial charge in [-0.05, 0) is 60.7 Å². The Morgan fingerprint density at radius 3 is 0.708 bits per heavy atom. The zero-order chi connectivity index (χ0) is 33.3. The van der Waals surface area contributed by atoms with E-state index in [2.05, 4.69) is 91.0 Å². The van der Waals surface area contributed by atoms with Gasteiger partial charge in [0.05, 0.1) is 34.2 Å². The van der Waals surface area contributed by atoms with E-state index in [1.54, 1.807) is 24.3 Å². The first kappa shape index (κ1) is 32.6. The summed E-state index contributed by atoms with van der Waals surface area (Å²) in [5, 5.41) is 0. The summed E-state index contributed by atoms with van der Waals surface area (Å²) in [5.41, 5.74) is 0.0844. The number of hydrogen-bond donors (Lipinski definition) is 0. The Balaban J connectivity index is 0.000000182. The molecule has 7 aromatic carbocycles. The van der Waals surface area contributed by atoms with E-state index in [0.29, 0.717) is 0 Å². The minimum atomic E-state index is -2.82. The number of hydrogen-bond acceptors (Lipinski definition) is 0. The molecular weight excluding hydrogens is 623 g/mol. The lowest BCUT2D eigenvalue weighted by atomic mass is 9.12. The predicted molar refractivity (Wildman–Crippen MR) is 191 cm³/mol. The molecule has 7 rings (SSSR count). The quantitative estimate of drug-likeness (QED) is 0.0921. The first-order valence-corrected chi connectivity index (χ1v) is 16.8. The largest absolute Gasteiger partial charge is 0.210 e. The average molecular weight is 655 g/mol. The van der Waals surface area contributed by atoms with Crippen molar-refractivity contribution in [2.24, 2.45) is 0 Å². The third-order valence-corrected chi connectivity index (χ3v) is 10.7. The zero-order valence-electron chi connectivity index (χ0n) is 25.9. The van der Waals surface area contributed by atoms with Crippen LogP contribution in [0.5, 0.6) is 0 Å². The second kappa shape index (κ2) is 15.1. The molecule has 0 fully saturated rings. The SMILES string of the molecule is Fc1ccccc1[B-](c1ccccc1F)(c1ccccc1F)c1ccccc1F.c1ccc([S+](c2ccccc2)c2ccccc2)cc1. The van der Waals surface area contributed by atoms with Crippen molar-refractivity contribution in [2.75, 3.05) is 0 Å². The van der Waals surface area contributed by atoms with Gasteiger partial charge in [0.15, 0.2) is 14.7 Å². The topological polar surface area (TPSA) is 0 Å². The Hall–Kier alpha value is -5.33. The summed E-state index contributed by atoms with van der Waals surface area (Å²) < 4.78 is 60.7. The highest BCUT2D eigenvalue weighted by molar-refractivity contribution is 7.97. The van der Waals surface area contributed by atoms with Gasteiger partial charge >= 0.3 is 0 Å². The molecule has 0 unspecified atom stereocenters. The van der Waals surface area contributed by atoms with Crippen LogP contribution in [-0.2, 0) is 10.9 Å². The molecule has 0 N–H and O–H groups in total. The number of rotatable bonds is 7. The van der Waals surface area contributed by atoms with Crippen molar-refractivity contribution in [1.29, 1.82) is 0 Å². The van der Waals surface area contributed by atoms with Crippen molar-refractivity contribution in [3.63, 3.8) is 0 Å². The van der Waals surface area contributed by atoms with Crippen molar-refractivity contribution >= 4 is 38.9 Å². The Morgan fingerprint density at radius 2 is 0.479 bits per heavy atom. The lowest BCUT2D eigenvalue weighted by Gasteiger charge is -2.44. The van der Waals surface area contributed by atoms with Gasteiger partial charge in [0.1, 0.15) is 6.15 Å². The van der Waals surface area contributed by atoms with E-state index < -0.39 is 29.4 Å². The van der Waals surface area contributed by atoms with Gasteiger partial charge in [-0.2, -0.15) is 21.9 Å². The second-order valence-corrected chi connectivity index (χ2v) is 13.2. The fraction of sp³-hybridized carbons (Fsp3) is 0. The van der Waals surface area contributed by atoms with Crippen LogP contribution >= 0.6 is 0 Å². The normalized spacial score (nSPS) is 11.1. The van der Waals surface area contributed by atoms with E-state index in [-0.39, 0.29) is 32.7 Å². The Morgan fingerprint density at radius 1 is 0.271 bits per heavy atom. The van der Waals surface area contributed by atoms with Gasteiger partial charge < -0.3 is 0 Å². The lowest BCUT2D eigenvalue weighted by molar-refractivity contribution is 0.627. The molecule has 0 atom stereocenters. The summed E-state index contributed by atoms with van der Waals surface area (Å²) in [4.78, 5) is 4.08. The molecule has 6 heteroatoms. The van der Waals surface area contributed by atoms with Crippen molar-refractivity contribution in [3.05, 3.63) is 211 Å². The Labute approximate surface area is 281 Å². The molecule has 0 aliphatic heterocycles. The van der Waals surface area contributed by atoms with Crippen molar-refractivity contribution in [1.82, 2.24) is 0 Å². The highest BCUT2D eigenvalue weighted by atomic mass is 32.2. The maximum atomic E-state index is 15.2. The first-order valence-electron chi connectivity index (χ1n) is 15.6. The molecule has 0 amide bonds. The molecule has 7 aromatic rings. The molecule has 48 heavy (non-hydrogen) atoms. The minimum Gasteiger partial charge on any atom is -0.210 e. The standard InChI is InChI=1S/C24H16BF4.C18H15S/c26-21-13-5-1-9-17(21)25(18-10-2-6-14-22(18)27,19-11-3-7-15-23(19)28)20-12-4-8-16-24(20)29;1-4-10-16(11-5-1)19(17-12-6-2-7-13-17)18-14-8-3-9-15-18/h1-16H;1-15H/q-1;+1. The minimum absolute atomic E-state index is 0.0146. The van der Waals surface area contributed by atoms with Crippen LogP contribution in [0.15, 0.2) is 203 Å². The fourth-order valence-corrected chi connectivity index (χ4v) is 8.49. The van der Waals surface area contributed by atoms with Crippen LogP contribution in [0, 0.1) is 23.3 Å². The second-order valence-electron chi connectivity index (χ2n) is 11.2. The van der Waals surface area contributed by atoms with Crippen LogP contribution in [0.1, 0.15) is 0 Å². The molecule has 0 spiro atoms. The molecular formula is C42H31BF4S. The summed E-state index contributed by atoms with van der Waals surface area (Å²) in [6.45, 7) is 0. The summed E-state index contributed by atoms with van der Waals surface area (Å²) >= 11 is 0. The van der Waals surface area contributed by atoms with Gasteiger partial charge in [-0.1, -0.05) is 127 Å². The predicted octanol–water partition coefficient (Wildman–Crippen LogP) is 8.40. The van der Waals surface area contributed by atoms with Gasteiger partial charge in [-0.3, -0.25) is 0 Å². The van der Waals surface area contributed by atoms with E-state index in [1.165, 1.54) is 87.5 Å². The summed E-state index contributed by atoms with van der Waals surface area (Å²) in [6, 6.07) is 55.1. The molecule has 236 valence electrons. The maximum absolute atomic E-state index is 15.2. The molecule has 0 radical (unpaired) electrons. The molecule has 0 aromatic heterocycles. The fourth-order valence-electron chi connectivity index (χ4n) is 6.39. The van der Waals surface area contributed by atoms with Crippen molar-refractivity contribution < 1.29 is 17.6 Å². The highest BCUT2D eigenvalue weighted by Crippen LogP contribution is 2.30. The van der Waals surface area contributed by atoms with Gasteiger partial charge in [0, 0.05) is 0 Å². The highest BCUT2D eigenvalue weighted by Gasteiger charge is 2.38. The number of benzene rings is 7. The van der Waals surface area contributed by atoms with Crippen molar-refractivity contribution in [3.8, 4) is 0 Å². The maximum Gasteiger partial charge on any atom is 0.166 e. The summed E-state index contributed by atoms with van der Waals surface area (Å²) in [6.07, 6.45) is -2.82. The zero-order valence-corrected chi connectivity index (χ0v) is 26.7. The van der Waals surface area contributed by atoms with E-state index >= 15 is 17.6 Å². The van der Waals surface area contributed by atoms with Crippen LogP contribution in [0.3, 0.4) is 0 Å². The van der Waals surface area contributed by atoms with E-state index in [4.69, 9.17) is 0 Å². The van der Waals surface area contributed by atoms with E-state index in [9.17, 15) is 0 Å².